The Morgan fingerprint density at radius 2 is 1.93 bits per heavy atom. The summed E-state index contributed by atoms with van der Waals surface area (Å²) in [6.45, 7) is 3.40. The molecule has 0 unspecified atom stereocenters. The van der Waals surface area contributed by atoms with Crippen LogP contribution in [0.3, 0.4) is 0 Å². The van der Waals surface area contributed by atoms with Crippen LogP contribution in [-0.4, -0.2) is 30.2 Å². The van der Waals surface area contributed by atoms with E-state index in [1.54, 1.807) is 13.2 Å². The van der Waals surface area contributed by atoms with Gasteiger partial charge in [0.2, 0.25) is 0 Å². The topological polar surface area (TPSA) is 61.5 Å². The molecule has 3 aromatic rings. The Bertz CT molecular complexity index is 1090. The zero-order valence-corrected chi connectivity index (χ0v) is 15.4. The minimum absolute atomic E-state index is 0.00607. The molecule has 0 bridgehead atoms. The number of benzene rings is 1. The second kappa shape index (κ2) is 5.94. The van der Waals surface area contributed by atoms with Crippen molar-refractivity contribution in [1.29, 1.82) is 0 Å². The normalized spacial score (nSPS) is 14.1. The largest absolute Gasteiger partial charge is 0.494 e. The smallest absolute Gasteiger partial charge is 0.329 e. The van der Waals surface area contributed by atoms with E-state index in [1.807, 2.05) is 13.0 Å². The van der Waals surface area contributed by atoms with E-state index in [0.717, 1.165) is 16.0 Å². The molecule has 0 aliphatic carbocycles. The van der Waals surface area contributed by atoms with Crippen molar-refractivity contribution in [2.45, 2.75) is 20.4 Å². The van der Waals surface area contributed by atoms with Gasteiger partial charge in [0, 0.05) is 29.9 Å². The number of aromatic nitrogens is 2. The second-order valence-corrected chi connectivity index (χ2v) is 6.65. The third-order valence-corrected chi connectivity index (χ3v) is 4.84. The first-order chi connectivity index (χ1) is 12.8. The average Bonchev–Trinajstić information content (AvgIpc) is 3.02. The van der Waals surface area contributed by atoms with Crippen molar-refractivity contribution < 1.29 is 18.3 Å². The van der Waals surface area contributed by atoms with Crippen LogP contribution < -0.4 is 14.5 Å². The number of halogens is 2. The molecule has 0 radical (unpaired) electrons. The number of hydrogen-bond donors (Lipinski definition) is 1. The molecule has 0 fully saturated rings. The zero-order valence-electron chi connectivity index (χ0n) is 15.4. The van der Waals surface area contributed by atoms with E-state index in [1.165, 1.54) is 25.0 Å². The van der Waals surface area contributed by atoms with Crippen LogP contribution in [0.2, 0.25) is 0 Å². The van der Waals surface area contributed by atoms with Gasteiger partial charge in [-0.05, 0) is 31.5 Å². The van der Waals surface area contributed by atoms with Gasteiger partial charge in [-0.3, -0.25) is 9.80 Å². The molecule has 0 saturated heterocycles. The number of amides is 2. The lowest BCUT2D eigenvalue weighted by atomic mass is 10.1. The molecule has 27 heavy (non-hydrogen) atoms. The predicted molar refractivity (Wildman–Crippen MR) is 98.5 cm³/mol. The SMILES string of the molecule is COc1cc(C)c(F)c(N2Cc3cnc4[nH]c(C)cc4c3N(C)C2=O)c1F. The third kappa shape index (κ3) is 2.43. The van der Waals surface area contributed by atoms with Crippen LogP contribution in [0.4, 0.5) is 25.0 Å². The highest BCUT2D eigenvalue weighted by atomic mass is 19.1. The number of anilines is 2. The van der Waals surface area contributed by atoms with Gasteiger partial charge in [-0.2, -0.15) is 0 Å². The number of hydrogen-bond acceptors (Lipinski definition) is 3. The summed E-state index contributed by atoms with van der Waals surface area (Å²) in [6.07, 6.45) is 1.62. The van der Waals surface area contributed by atoms with Gasteiger partial charge >= 0.3 is 6.03 Å². The Morgan fingerprint density at radius 1 is 1.19 bits per heavy atom. The Labute approximate surface area is 154 Å². The molecular formula is C19H18F2N4O2. The maximum Gasteiger partial charge on any atom is 0.329 e. The minimum Gasteiger partial charge on any atom is -0.494 e. The van der Waals surface area contributed by atoms with Crippen molar-refractivity contribution >= 4 is 28.4 Å². The van der Waals surface area contributed by atoms with Crippen LogP contribution in [0, 0.1) is 25.5 Å². The van der Waals surface area contributed by atoms with E-state index in [0.29, 0.717) is 16.9 Å². The number of methoxy groups -OCH3 is 1. The number of aromatic amines is 1. The van der Waals surface area contributed by atoms with Gasteiger partial charge in [0.05, 0.1) is 19.3 Å². The summed E-state index contributed by atoms with van der Waals surface area (Å²) in [6, 6.07) is 2.64. The average molecular weight is 372 g/mol. The van der Waals surface area contributed by atoms with Crippen LogP contribution >= 0.6 is 0 Å². The van der Waals surface area contributed by atoms with Crippen LogP contribution in [0.15, 0.2) is 18.3 Å². The molecule has 2 amide bonds. The maximum atomic E-state index is 14.8. The summed E-state index contributed by atoms with van der Waals surface area (Å²) in [5, 5.41) is 0.795. The number of urea groups is 1. The molecule has 1 N–H and O–H groups in total. The molecule has 1 aliphatic rings. The maximum absolute atomic E-state index is 14.8. The molecule has 6 nitrogen and oxygen atoms in total. The summed E-state index contributed by atoms with van der Waals surface area (Å²) in [5.74, 6) is -1.80. The molecule has 0 spiro atoms. The van der Waals surface area contributed by atoms with Crippen LogP contribution in [0.25, 0.3) is 11.0 Å². The van der Waals surface area contributed by atoms with E-state index in [-0.39, 0.29) is 17.9 Å². The molecule has 140 valence electrons. The van der Waals surface area contributed by atoms with Gasteiger partial charge in [-0.15, -0.1) is 0 Å². The molecule has 0 atom stereocenters. The highest BCUT2D eigenvalue weighted by molar-refractivity contribution is 6.11. The highest BCUT2D eigenvalue weighted by Crippen LogP contribution is 2.40. The van der Waals surface area contributed by atoms with E-state index >= 15 is 0 Å². The van der Waals surface area contributed by atoms with Crippen molar-refractivity contribution in [3.8, 4) is 5.75 Å². The summed E-state index contributed by atoms with van der Waals surface area (Å²) in [4.78, 5) is 23.0. The number of nitrogens with one attached hydrogen (secondary N) is 1. The fraction of sp³-hybridized carbons (Fsp3) is 0.263. The minimum atomic E-state index is -0.905. The molecule has 1 aliphatic heterocycles. The zero-order chi connectivity index (χ0) is 19.5. The Kier molecular flexibility index (Phi) is 3.80. The lowest BCUT2D eigenvalue weighted by Crippen LogP contribution is -2.46. The van der Waals surface area contributed by atoms with Gasteiger partial charge in [0.25, 0.3) is 0 Å². The van der Waals surface area contributed by atoms with Gasteiger partial charge in [0.15, 0.2) is 17.4 Å². The van der Waals surface area contributed by atoms with Gasteiger partial charge < -0.3 is 9.72 Å². The van der Waals surface area contributed by atoms with Crippen molar-refractivity contribution in [2.24, 2.45) is 0 Å². The number of aryl methyl sites for hydroxylation is 2. The van der Waals surface area contributed by atoms with E-state index in [4.69, 9.17) is 4.74 Å². The van der Waals surface area contributed by atoms with Crippen molar-refractivity contribution in [3.63, 3.8) is 0 Å². The summed E-state index contributed by atoms with van der Waals surface area (Å²) >= 11 is 0. The first kappa shape index (κ1) is 17.3. The lowest BCUT2D eigenvalue weighted by molar-refractivity contribution is 0.250. The molecular weight excluding hydrogens is 354 g/mol. The molecule has 8 heteroatoms. The first-order valence-electron chi connectivity index (χ1n) is 8.38. The van der Waals surface area contributed by atoms with Crippen molar-refractivity contribution in [2.75, 3.05) is 24.0 Å². The Morgan fingerprint density at radius 3 is 2.63 bits per heavy atom. The number of nitrogens with zero attached hydrogens (tertiary/aromatic N) is 3. The number of rotatable bonds is 2. The quantitative estimate of drug-likeness (QED) is 0.738. The molecule has 0 saturated carbocycles. The Hall–Kier alpha value is -3.16. The summed E-state index contributed by atoms with van der Waals surface area (Å²) in [5.41, 5.74) is 2.73. The van der Waals surface area contributed by atoms with Gasteiger partial charge in [-0.1, -0.05) is 0 Å². The van der Waals surface area contributed by atoms with E-state index in [2.05, 4.69) is 9.97 Å². The van der Waals surface area contributed by atoms with E-state index in [9.17, 15) is 13.6 Å². The lowest BCUT2D eigenvalue weighted by Gasteiger charge is -2.35. The number of H-pyrrole nitrogens is 1. The fourth-order valence-corrected chi connectivity index (χ4v) is 3.54. The molecule has 1 aromatic carbocycles. The molecule has 3 heterocycles. The standard InChI is InChI=1S/C19H18F2N4O2/c1-9-5-13(27-4)15(21)17(14(9)20)25-8-11-7-22-18-12(6-10(2)23-18)16(11)24(3)19(25)26/h5-7H,8H2,1-4H3,(H,22,23). The second-order valence-electron chi connectivity index (χ2n) is 6.65. The number of carbonyl (C=O) groups excluding carboxylic acids is 1. The number of carbonyl (C=O) groups is 1. The molecule has 2 aromatic heterocycles. The number of ether oxygens (including phenoxy) is 1. The fourth-order valence-electron chi connectivity index (χ4n) is 3.54. The summed E-state index contributed by atoms with van der Waals surface area (Å²) < 4.78 is 34.6. The van der Waals surface area contributed by atoms with Crippen LogP contribution in [0.1, 0.15) is 16.8 Å². The third-order valence-electron chi connectivity index (χ3n) is 4.84. The predicted octanol–water partition coefficient (Wildman–Crippen LogP) is 4.04. The van der Waals surface area contributed by atoms with Crippen molar-refractivity contribution in [1.82, 2.24) is 9.97 Å². The van der Waals surface area contributed by atoms with E-state index < -0.39 is 23.4 Å². The van der Waals surface area contributed by atoms with Crippen molar-refractivity contribution in [3.05, 3.63) is 46.8 Å². The number of fused-ring (bicyclic) bond motifs is 3. The Balaban J connectivity index is 1.91. The van der Waals surface area contributed by atoms with Gasteiger partial charge in [0.1, 0.15) is 11.3 Å². The first-order valence-corrected chi connectivity index (χ1v) is 8.38. The molecule has 4 rings (SSSR count). The highest BCUT2D eigenvalue weighted by Gasteiger charge is 2.35. The van der Waals surface area contributed by atoms with Gasteiger partial charge in [-0.25, -0.2) is 18.6 Å². The summed E-state index contributed by atoms with van der Waals surface area (Å²) in [7, 11) is 2.88. The number of pyridine rings is 1. The van der Waals surface area contributed by atoms with Crippen LogP contribution in [-0.2, 0) is 6.54 Å². The van der Waals surface area contributed by atoms with Crippen LogP contribution in [0.5, 0.6) is 5.75 Å². The monoisotopic (exact) mass is 372 g/mol.